The molecule has 0 aromatic rings. The Labute approximate surface area is 108 Å². The zero-order valence-electron chi connectivity index (χ0n) is 0.500. The van der Waals surface area contributed by atoms with Gasteiger partial charge in [-0.3, -0.25) is 0 Å². The Kier molecular flexibility index (Phi) is 110. The zero-order chi connectivity index (χ0) is 0. The second kappa shape index (κ2) is 16.3. The van der Waals surface area contributed by atoms with E-state index in [1.807, 2.05) is 0 Å². The van der Waals surface area contributed by atoms with Crippen molar-refractivity contribution in [2.75, 3.05) is 0 Å². The Balaban J connectivity index is 0. The molecule has 0 aliphatic carbocycles. The molecule has 0 spiro atoms. The Morgan fingerprint density at radius 2 is 1.00 bits per heavy atom. The molecule has 0 unspecified atom stereocenters. The molecule has 24 valence electrons. The minimum absolute atomic E-state index is 0. The molecule has 0 aliphatic rings. The van der Waals surface area contributed by atoms with Gasteiger partial charge in [0.25, 0.3) is 0 Å². The summed E-state index contributed by atoms with van der Waals surface area (Å²) < 4.78 is 0. The summed E-state index contributed by atoms with van der Waals surface area (Å²) >= 11 is 0. The third-order valence-corrected chi connectivity index (χ3v) is 0. The number of rotatable bonds is 0. The summed E-state index contributed by atoms with van der Waals surface area (Å²) in [5, 5.41) is 0. The fourth-order valence-electron chi connectivity index (χ4n) is 0. The van der Waals surface area contributed by atoms with Crippen molar-refractivity contribution in [2.45, 2.75) is 0 Å². The molecular formula is H10BaOSiSr. The minimum atomic E-state index is 0. The average molecular weight is 279 g/mol. The predicted octanol–water partition coefficient (Wildman–Crippen LogP) is -4.11. The monoisotopic (exact) mass is 280 g/mol. The maximum absolute atomic E-state index is 0. The van der Waals surface area contributed by atoms with E-state index >= 15 is 0 Å². The van der Waals surface area contributed by atoms with Crippen LogP contribution in [0.1, 0.15) is 0 Å². The van der Waals surface area contributed by atoms with Gasteiger partial charge in [0.2, 0.25) is 0 Å². The van der Waals surface area contributed by atoms with Crippen molar-refractivity contribution in [1.82, 2.24) is 0 Å². The van der Waals surface area contributed by atoms with Crippen LogP contribution >= 0.6 is 0 Å². The van der Waals surface area contributed by atoms with Gasteiger partial charge >= 0.3 is 94.4 Å². The van der Waals surface area contributed by atoms with Crippen LogP contribution in [-0.2, 0) is 0 Å². The van der Waals surface area contributed by atoms with Crippen molar-refractivity contribution in [1.29, 1.82) is 0 Å². The van der Waals surface area contributed by atoms with Crippen molar-refractivity contribution in [3.63, 3.8) is 0 Å². The molecule has 1 nitrogen and oxygen atoms in total. The molecule has 0 atom stereocenters. The summed E-state index contributed by atoms with van der Waals surface area (Å²) in [5.74, 6) is 0. The fraction of sp³-hybridized carbons (Fsp3) is 0. The second-order valence-corrected chi connectivity index (χ2v) is 0. The summed E-state index contributed by atoms with van der Waals surface area (Å²) in [4.78, 5) is 0. The van der Waals surface area contributed by atoms with E-state index in [-0.39, 0.29) is 111 Å². The molecule has 0 aromatic carbocycles. The summed E-state index contributed by atoms with van der Waals surface area (Å²) in [6.45, 7) is 0. The predicted molar refractivity (Wildman–Crippen MR) is 32.0 cm³/mol. The third-order valence-electron chi connectivity index (χ3n) is 0. The van der Waals surface area contributed by atoms with Gasteiger partial charge in [-0.25, -0.2) is 0 Å². The van der Waals surface area contributed by atoms with Crippen molar-refractivity contribution >= 4 is 105 Å². The van der Waals surface area contributed by atoms with E-state index in [1.165, 1.54) is 0 Å². The molecular weight excluding hydrogens is 269 g/mol. The van der Waals surface area contributed by atoms with Crippen LogP contribution in [0, 0.1) is 0 Å². The van der Waals surface area contributed by atoms with Gasteiger partial charge in [0, 0.05) is 0 Å². The molecule has 4 heavy (non-hydrogen) atoms. The van der Waals surface area contributed by atoms with Crippen LogP contribution in [0.4, 0.5) is 0 Å². The van der Waals surface area contributed by atoms with E-state index in [9.17, 15) is 0 Å². The van der Waals surface area contributed by atoms with Gasteiger partial charge in [0.05, 0.1) is 0 Å². The molecule has 2 N–H and O–H groups in total. The number of hydrogen-bond acceptors (Lipinski definition) is 0. The number of hydrogen-bond donors (Lipinski definition) is 0. The molecule has 0 bridgehead atoms. The molecule has 4 heteroatoms. The standard InChI is InChI=1S/Ba.H2O.H4Si.Sr.4H/h;1H2;1H4;;;;;. The molecule has 0 fully saturated rings. The van der Waals surface area contributed by atoms with E-state index in [2.05, 4.69) is 0 Å². The Morgan fingerprint density at radius 1 is 1.00 bits per heavy atom. The topological polar surface area (TPSA) is 31.5 Å². The Hall–Kier alpha value is 3.23. The Morgan fingerprint density at radius 3 is 1.00 bits per heavy atom. The Bertz CT molecular complexity index is 8.00. The van der Waals surface area contributed by atoms with E-state index in [0.717, 1.165) is 0 Å². The maximum atomic E-state index is 0. The zero-order valence-corrected chi connectivity index (χ0v) is 0.500. The first-order valence-corrected chi connectivity index (χ1v) is 0. The molecule has 0 rings (SSSR count). The van der Waals surface area contributed by atoms with Crippen molar-refractivity contribution in [3.8, 4) is 0 Å². The third kappa shape index (κ3) is 8.97. The van der Waals surface area contributed by atoms with Gasteiger partial charge in [-0.2, -0.15) is 0 Å². The molecule has 0 saturated carbocycles. The summed E-state index contributed by atoms with van der Waals surface area (Å²) in [6, 6.07) is 0. The summed E-state index contributed by atoms with van der Waals surface area (Å²) in [5.41, 5.74) is 0. The van der Waals surface area contributed by atoms with Crippen LogP contribution in [0.15, 0.2) is 0 Å². The van der Waals surface area contributed by atoms with Crippen LogP contribution in [0.5, 0.6) is 0 Å². The fourth-order valence-corrected chi connectivity index (χ4v) is 0. The summed E-state index contributed by atoms with van der Waals surface area (Å²) in [6.07, 6.45) is 0. The van der Waals surface area contributed by atoms with Gasteiger partial charge in [0.1, 0.15) is 0 Å². The van der Waals surface area contributed by atoms with Crippen LogP contribution in [0.2, 0.25) is 0 Å². The van der Waals surface area contributed by atoms with Crippen molar-refractivity contribution < 1.29 is 5.48 Å². The van der Waals surface area contributed by atoms with Gasteiger partial charge in [-0.1, -0.05) is 0 Å². The van der Waals surface area contributed by atoms with Gasteiger partial charge in [-0.05, 0) is 11.0 Å². The molecule has 0 heterocycles. The molecule has 0 radical (unpaired) electrons. The van der Waals surface area contributed by atoms with Gasteiger partial charge < -0.3 is 5.48 Å². The van der Waals surface area contributed by atoms with Crippen LogP contribution in [0.3, 0.4) is 0 Å². The van der Waals surface area contributed by atoms with E-state index in [1.54, 1.807) is 0 Å². The first-order chi connectivity index (χ1) is 0. The molecule has 0 amide bonds. The van der Waals surface area contributed by atoms with Crippen LogP contribution < -0.4 is 0 Å². The van der Waals surface area contributed by atoms with Crippen LogP contribution in [0.25, 0.3) is 0 Å². The van der Waals surface area contributed by atoms with E-state index in [0.29, 0.717) is 0 Å². The van der Waals surface area contributed by atoms with Crippen molar-refractivity contribution in [2.24, 2.45) is 0 Å². The SMILES string of the molecule is O.[BaH2].[SiH4].[SrH2]. The average Bonchev–Trinajstić information content (AvgIpc) is 0. The van der Waals surface area contributed by atoms with Crippen LogP contribution in [-0.4, -0.2) is 111 Å². The first-order valence-electron chi connectivity index (χ1n) is 0. The molecule has 0 saturated heterocycles. The summed E-state index contributed by atoms with van der Waals surface area (Å²) in [7, 11) is 0. The first kappa shape index (κ1) is 26.9. The molecule has 0 aromatic heterocycles. The van der Waals surface area contributed by atoms with Gasteiger partial charge in [-0.15, -0.1) is 0 Å². The van der Waals surface area contributed by atoms with E-state index < -0.39 is 0 Å². The second-order valence-electron chi connectivity index (χ2n) is 0. The van der Waals surface area contributed by atoms with E-state index in [4.69, 9.17) is 0 Å². The quantitative estimate of drug-likeness (QED) is 0.404. The molecule has 0 aliphatic heterocycles. The van der Waals surface area contributed by atoms with Gasteiger partial charge in [0.15, 0.2) is 0 Å². The van der Waals surface area contributed by atoms with Crippen molar-refractivity contribution in [3.05, 3.63) is 0 Å². The normalized spacial score (nSPS) is 0.